The SMILES string of the molecule is COc1cccc(C(=O)N(CC(=O)N2CCc3sccc3[C@H]2COc2ccc(C(C)C)cc2)C(C)(C)C)c1. The van der Waals surface area contributed by atoms with E-state index in [9.17, 15) is 9.59 Å². The molecule has 0 saturated heterocycles. The topological polar surface area (TPSA) is 59.1 Å². The second-order valence-corrected chi connectivity index (χ2v) is 12.0. The number of fused-ring (bicyclic) bond motifs is 1. The Morgan fingerprint density at radius 1 is 1.08 bits per heavy atom. The molecule has 2 amide bonds. The highest BCUT2D eigenvalue weighted by Crippen LogP contribution is 2.34. The van der Waals surface area contributed by atoms with Gasteiger partial charge in [-0.3, -0.25) is 9.59 Å². The molecular formula is C31H38N2O4S. The fourth-order valence-corrected chi connectivity index (χ4v) is 5.68. The Kier molecular flexibility index (Phi) is 8.46. The molecule has 2 heterocycles. The zero-order chi connectivity index (χ0) is 27.4. The molecule has 0 aliphatic carbocycles. The van der Waals surface area contributed by atoms with E-state index in [0.717, 1.165) is 17.7 Å². The van der Waals surface area contributed by atoms with Crippen LogP contribution in [0, 0.1) is 0 Å². The summed E-state index contributed by atoms with van der Waals surface area (Å²) in [6.07, 6.45) is 0.803. The quantitative estimate of drug-likeness (QED) is 0.339. The number of carbonyl (C=O) groups is 2. The number of ether oxygens (including phenoxy) is 2. The van der Waals surface area contributed by atoms with Crippen LogP contribution < -0.4 is 9.47 Å². The van der Waals surface area contributed by atoms with Crippen molar-refractivity contribution in [2.45, 2.75) is 58.5 Å². The predicted molar refractivity (Wildman–Crippen MR) is 152 cm³/mol. The van der Waals surface area contributed by atoms with Gasteiger partial charge in [0, 0.05) is 22.5 Å². The molecule has 0 radical (unpaired) electrons. The van der Waals surface area contributed by atoms with Crippen molar-refractivity contribution in [1.82, 2.24) is 9.80 Å². The van der Waals surface area contributed by atoms with Gasteiger partial charge in [0.1, 0.15) is 24.7 Å². The maximum absolute atomic E-state index is 13.8. The first-order chi connectivity index (χ1) is 18.1. The summed E-state index contributed by atoms with van der Waals surface area (Å²) < 4.78 is 11.5. The Morgan fingerprint density at radius 3 is 2.47 bits per heavy atom. The first-order valence-corrected chi connectivity index (χ1v) is 14.0. The van der Waals surface area contributed by atoms with Crippen molar-refractivity contribution in [3.05, 3.63) is 81.5 Å². The second kappa shape index (κ2) is 11.6. The molecule has 6 nitrogen and oxygen atoms in total. The van der Waals surface area contributed by atoms with E-state index >= 15 is 0 Å². The number of rotatable bonds is 8. The predicted octanol–water partition coefficient (Wildman–Crippen LogP) is 6.33. The Balaban J connectivity index is 1.54. The van der Waals surface area contributed by atoms with Gasteiger partial charge in [-0.05, 0) is 86.0 Å². The van der Waals surface area contributed by atoms with Crippen LogP contribution in [-0.4, -0.2) is 54.0 Å². The van der Waals surface area contributed by atoms with Gasteiger partial charge in [0.05, 0.1) is 13.2 Å². The van der Waals surface area contributed by atoms with E-state index in [4.69, 9.17) is 9.47 Å². The van der Waals surface area contributed by atoms with Crippen LogP contribution in [0.5, 0.6) is 11.5 Å². The molecule has 1 aliphatic rings. The number of carbonyl (C=O) groups excluding carboxylic acids is 2. The lowest BCUT2D eigenvalue weighted by molar-refractivity contribution is -0.136. The van der Waals surface area contributed by atoms with Gasteiger partial charge in [0.15, 0.2) is 0 Å². The summed E-state index contributed by atoms with van der Waals surface area (Å²) in [7, 11) is 1.57. The number of hydrogen-bond acceptors (Lipinski definition) is 5. The third kappa shape index (κ3) is 6.21. The molecule has 38 heavy (non-hydrogen) atoms. The van der Waals surface area contributed by atoms with Gasteiger partial charge in [0.2, 0.25) is 5.91 Å². The van der Waals surface area contributed by atoms with Crippen LogP contribution in [0.25, 0.3) is 0 Å². The molecule has 1 atom stereocenters. The van der Waals surface area contributed by atoms with Gasteiger partial charge >= 0.3 is 0 Å². The molecule has 3 aromatic rings. The Hall–Kier alpha value is -3.32. The van der Waals surface area contributed by atoms with Gasteiger partial charge in [0.25, 0.3) is 5.91 Å². The van der Waals surface area contributed by atoms with Crippen molar-refractivity contribution in [3.63, 3.8) is 0 Å². The molecule has 1 aliphatic heterocycles. The summed E-state index contributed by atoms with van der Waals surface area (Å²) in [4.78, 5) is 32.2. The highest BCUT2D eigenvalue weighted by Gasteiger charge is 2.36. The Morgan fingerprint density at radius 2 is 1.82 bits per heavy atom. The summed E-state index contributed by atoms with van der Waals surface area (Å²) >= 11 is 1.72. The van der Waals surface area contributed by atoms with Crippen LogP contribution >= 0.6 is 11.3 Å². The molecule has 0 N–H and O–H groups in total. The molecule has 2 aromatic carbocycles. The second-order valence-electron chi connectivity index (χ2n) is 11.0. The molecule has 0 unspecified atom stereocenters. The van der Waals surface area contributed by atoms with E-state index in [0.29, 0.717) is 30.4 Å². The van der Waals surface area contributed by atoms with Gasteiger partial charge in [-0.1, -0.05) is 32.0 Å². The molecular weight excluding hydrogens is 496 g/mol. The number of hydrogen-bond donors (Lipinski definition) is 0. The third-order valence-corrected chi connectivity index (χ3v) is 8.03. The van der Waals surface area contributed by atoms with E-state index in [2.05, 4.69) is 37.4 Å². The van der Waals surface area contributed by atoms with Gasteiger partial charge in [-0.15, -0.1) is 11.3 Å². The third-order valence-electron chi connectivity index (χ3n) is 7.03. The van der Waals surface area contributed by atoms with Gasteiger partial charge < -0.3 is 19.3 Å². The summed E-state index contributed by atoms with van der Waals surface area (Å²) in [5.41, 5.74) is 2.34. The molecule has 4 rings (SSSR count). The van der Waals surface area contributed by atoms with Crippen molar-refractivity contribution >= 4 is 23.2 Å². The average Bonchev–Trinajstić information content (AvgIpc) is 3.38. The van der Waals surface area contributed by atoms with Gasteiger partial charge in [-0.2, -0.15) is 0 Å². The van der Waals surface area contributed by atoms with Crippen LogP contribution in [0.2, 0.25) is 0 Å². The normalized spacial score (nSPS) is 15.2. The monoisotopic (exact) mass is 534 g/mol. The number of methoxy groups -OCH3 is 1. The molecule has 1 aromatic heterocycles. The minimum absolute atomic E-state index is 0.0153. The minimum Gasteiger partial charge on any atom is -0.497 e. The van der Waals surface area contributed by atoms with E-state index in [-0.39, 0.29) is 24.4 Å². The van der Waals surface area contributed by atoms with Crippen molar-refractivity contribution in [1.29, 1.82) is 0 Å². The van der Waals surface area contributed by atoms with Crippen molar-refractivity contribution in [2.24, 2.45) is 0 Å². The maximum atomic E-state index is 13.8. The lowest BCUT2D eigenvalue weighted by Gasteiger charge is -2.40. The van der Waals surface area contributed by atoms with Crippen LogP contribution in [0.1, 0.15) is 72.9 Å². The lowest BCUT2D eigenvalue weighted by atomic mass is 9.99. The minimum atomic E-state index is -0.552. The van der Waals surface area contributed by atoms with E-state index in [1.54, 1.807) is 47.6 Å². The fourth-order valence-electron chi connectivity index (χ4n) is 4.75. The van der Waals surface area contributed by atoms with Crippen molar-refractivity contribution in [2.75, 3.05) is 26.8 Å². The van der Waals surface area contributed by atoms with E-state index in [1.165, 1.54) is 10.4 Å². The lowest BCUT2D eigenvalue weighted by Crippen LogP contribution is -2.53. The van der Waals surface area contributed by atoms with Crippen LogP contribution in [0.3, 0.4) is 0 Å². The summed E-state index contributed by atoms with van der Waals surface area (Å²) in [6, 6.07) is 17.1. The molecule has 0 saturated carbocycles. The Labute approximate surface area is 230 Å². The summed E-state index contributed by atoms with van der Waals surface area (Å²) in [5, 5.41) is 2.08. The first-order valence-electron chi connectivity index (χ1n) is 13.1. The maximum Gasteiger partial charge on any atom is 0.254 e. The highest BCUT2D eigenvalue weighted by atomic mass is 32.1. The summed E-state index contributed by atoms with van der Waals surface area (Å²) in [6.45, 7) is 11.1. The molecule has 0 spiro atoms. The highest BCUT2D eigenvalue weighted by molar-refractivity contribution is 7.10. The van der Waals surface area contributed by atoms with E-state index in [1.807, 2.05) is 37.8 Å². The number of nitrogens with zero attached hydrogens (tertiary/aromatic N) is 2. The zero-order valence-corrected chi connectivity index (χ0v) is 24.0. The largest absolute Gasteiger partial charge is 0.497 e. The average molecular weight is 535 g/mol. The summed E-state index contributed by atoms with van der Waals surface area (Å²) in [5.74, 6) is 1.56. The molecule has 0 bridgehead atoms. The van der Waals surface area contributed by atoms with Crippen LogP contribution in [0.15, 0.2) is 60.0 Å². The van der Waals surface area contributed by atoms with Crippen molar-refractivity contribution in [3.8, 4) is 11.5 Å². The van der Waals surface area contributed by atoms with Crippen molar-refractivity contribution < 1.29 is 19.1 Å². The number of benzene rings is 2. The van der Waals surface area contributed by atoms with E-state index < -0.39 is 5.54 Å². The molecule has 0 fully saturated rings. The standard InChI is InChI=1S/C31H38N2O4S/c1-21(2)22-10-12-24(13-11-22)37-20-27-26-15-17-38-28(26)14-16-32(27)29(34)19-33(31(3,4)5)30(35)23-8-7-9-25(18-23)36-6/h7-13,15,17-18,21,27H,14,16,19-20H2,1-6H3/t27-/m1/s1. The fraction of sp³-hybridized carbons (Fsp3) is 0.419. The zero-order valence-electron chi connectivity index (χ0n) is 23.2. The van der Waals surface area contributed by atoms with Crippen LogP contribution in [-0.2, 0) is 11.2 Å². The molecule has 202 valence electrons. The smallest absolute Gasteiger partial charge is 0.254 e. The van der Waals surface area contributed by atoms with Crippen LogP contribution in [0.4, 0.5) is 0 Å². The number of amides is 2. The Bertz CT molecular complexity index is 1260. The number of thiophene rings is 1. The first kappa shape index (κ1) is 27.7. The van der Waals surface area contributed by atoms with Gasteiger partial charge in [-0.25, -0.2) is 0 Å². The molecule has 7 heteroatoms.